The van der Waals surface area contributed by atoms with Gasteiger partial charge in [0.2, 0.25) is 0 Å². The molecule has 0 unspecified atom stereocenters. The Hall–Kier alpha value is -3.97. The van der Waals surface area contributed by atoms with Crippen molar-refractivity contribution in [1.82, 2.24) is 9.71 Å². The number of para-hydroxylation sites is 2. The highest BCUT2D eigenvalue weighted by Crippen LogP contribution is 2.60. The van der Waals surface area contributed by atoms with Crippen LogP contribution in [-0.4, -0.2) is 13.4 Å². The zero-order valence-corrected chi connectivity index (χ0v) is 22.2. The zero-order valence-electron chi connectivity index (χ0n) is 20.5. The van der Waals surface area contributed by atoms with Crippen LogP contribution < -0.4 is 13.8 Å². The Balaban J connectivity index is 1.71. The van der Waals surface area contributed by atoms with Crippen LogP contribution in [0.15, 0.2) is 126 Å². The number of nitrogens with one attached hydrogen (secondary N) is 1. The van der Waals surface area contributed by atoms with E-state index in [1.807, 2.05) is 30.3 Å². The monoisotopic (exact) mass is 544 g/mol. The molecule has 4 aromatic carbocycles. The minimum Gasteiger partial charge on any atom is -0.415 e. The first-order valence-electron chi connectivity index (χ1n) is 11.9. The molecular formula is C29H25N2O5PS. The smallest absolute Gasteiger partial charge is 0.415 e. The van der Waals surface area contributed by atoms with Crippen LogP contribution in [0.4, 0.5) is 0 Å². The second kappa shape index (κ2) is 10.8. The topological polar surface area (TPSA) is 94.6 Å². The Morgan fingerprint density at radius 3 is 1.89 bits per heavy atom. The van der Waals surface area contributed by atoms with E-state index >= 15 is 0 Å². The molecule has 0 spiro atoms. The lowest BCUT2D eigenvalue weighted by Crippen LogP contribution is -2.32. The van der Waals surface area contributed by atoms with Gasteiger partial charge in [-0.15, -0.1) is 0 Å². The highest BCUT2D eigenvalue weighted by Gasteiger charge is 2.44. The summed E-state index contributed by atoms with van der Waals surface area (Å²) >= 11 is 0. The van der Waals surface area contributed by atoms with Crippen molar-refractivity contribution < 1.29 is 22.0 Å². The molecule has 0 bridgehead atoms. The summed E-state index contributed by atoms with van der Waals surface area (Å²) in [7, 11) is -8.61. The SMILES string of the molecule is Cc1cccc(S(=O)(=O)N[C@H](c2cccc3ccccc23)P(=O)(Oc2ccccc2)Oc2ccccc2)n1. The molecular weight excluding hydrogens is 519 g/mol. The largest absolute Gasteiger partial charge is 0.453 e. The number of pyridine rings is 1. The highest BCUT2D eigenvalue weighted by atomic mass is 32.2. The molecule has 0 saturated heterocycles. The molecule has 38 heavy (non-hydrogen) atoms. The lowest BCUT2D eigenvalue weighted by atomic mass is 10.0. The number of nitrogens with zero attached hydrogens (tertiary/aromatic N) is 1. The van der Waals surface area contributed by atoms with E-state index in [0.717, 1.165) is 5.39 Å². The van der Waals surface area contributed by atoms with Gasteiger partial charge in [-0.05, 0) is 59.7 Å². The van der Waals surface area contributed by atoms with Gasteiger partial charge in [0.05, 0.1) is 0 Å². The van der Waals surface area contributed by atoms with Gasteiger partial charge in [0.1, 0.15) is 11.5 Å². The Morgan fingerprint density at radius 2 is 1.26 bits per heavy atom. The summed E-state index contributed by atoms with van der Waals surface area (Å²) in [5.41, 5.74) is 0.966. The molecule has 192 valence electrons. The molecule has 5 rings (SSSR count). The zero-order chi connectivity index (χ0) is 26.6. The number of sulfonamides is 1. The van der Waals surface area contributed by atoms with Gasteiger partial charge in [0.25, 0.3) is 10.0 Å². The Bertz CT molecular complexity index is 1660. The molecule has 5 aromatic rings. The minimum absolute atomic E-state index is 0.200. The summed E-state index contributed by atoms with van der Waals surface area (Å²) in [4.78, 5) is 4.18. The van der Waals surface area contributed by atoms with Crippen LogP contribution in [0, 0.1) is 6.92 Å². The molecule has 0 aliphatic rings. The molecule has 0 radical (unpaired) electrons. The predicted octanol–water partition coefficient (Wildman–Crippen LogP) is 6.87. The van der Waals surface area contributed by atoms with Crippen LogP contribution >= 0.6 is 7.60 Å². The van der Waals surface area contributed by atoms with E-state index in [9.17, 15) is 13.0 Å². The van der Waals surface area contributed by atoms with Crippen LogP contribution in [0.3, 0.4) is 0 Å². The van der Waals surface area contributed by atoms with Crippen molar-refractivity contribution in [1.29, 1.82) is 0 Å². The summed E-state index contributed by atoms with van der Waals surface area (Å²) in [5.74, 6) is -0.879. The molecule has 1 N–H and O–H groups in total. The molecule has 1 atom stereocenters. The van der Waals surface area contributed by atoms with Gasteiger partial charge in [-0.1, -0.05) is 84.9 Å². The summed E-state index contributed by atoms with van der Waals surface area (Å²) in [6, 6.07) is 34.6. The maximum absolute atomic E-state index is 14.9. The molecule has 0 aliphatic heterocycles. The van der Waals surface area contributed by atoms with Crippen molar-refractivity contribution in [2.45, 2.75) is 17.7 Å². The summed E-state index contributed by atoms with van der Waals surface area (Å²) in [5, 5.41) is 1.34. The molecule has 0 aliphatic carbocycles. The average Bonchev–Trinajstić information content (AvgIpc) is 2.92. The quantitative estimate of drug-likeness (QED) is 0.204. The fraction of sp³-hybridized carbons (Fsp3) is 0.0690. The lowest BCUT2D eigenvalue weighted by Gasteiger charge is -2.29. The highest BCUT2D eigenvalue weighted by molar-refractivity contribution is 7.89. The van der Waals surface area contributed by atoms with Crippen LogP contribution in [0.5, 0.6) is 11.5 Å². The van der Waals surface area contributed by atoms with Gasteiger partial charge in [-0.3, -0.25) is 0 Å². The van der Waals surface area contributed by atoms with Gasteiger partial charge >= 0.3 is 7.60 Å². The normalized spacial score (nSPS) is 12.7. The average molecular weight is 545 g/mol. The minimum atomic E-state index is -4.35. The van der Waals surface area contributed by atoms with Crippen molar-refractivity contribution in [2.24, 2.45) is 0 Å². The summed E-state index contributed by atoms with van der Waals surface area (Å²) < 4.78 is 56.9. The van der Waals surface area contributed by atoms with E-state index in [4.69, 9.17) is 9.05 Å². The Kier molecular flexibility index (Phi) is 7.29. The van der Waals surface area contributed by atoms with E-state index in [2.05, 4.69) is 9.71 Å². The van der Waals surface area contributed by atoms with Gasteiger partial charge in [-0.25, -0.2) is 18.0 Å². The summed E-state index contributed by atoms with van der Waals surface area (Å²) in [6.45, 7) is 1.70. The molecule has 0 saturated carbocycles. The predicted molar refractivity (Wildman–Crippen MR) is 148 cm³/mol. The number of hydrogen-bond acceptors (Lipinski definition) is 6. The first-order valence-corrected chi connectivity index (χ1v) is 15.0. The lowest BCUT2D eigenvalue weighted by molar-refractivity contribution is 0.368. The molecule has 0 amide bonds. The van der Waals surface area contributed by atoms with E-state index in [0.29, 0.717) is 16.6 Å². The van der Waals surface area contributed by atoms with E-state index < -0.39 is 23.4 Å². The maximum Gasteiger partial charge on any atom is 0.453 e. The molecule has 7 nitrogen and oxygen atoms in total. The number of aryl methyl sites for hydroxylation is 1. The van der Waals surface area contributed by atoms with Crippen LogP contribution in [0.1, 0.15) is 17.0 Å². The van der Waals surface area contributed by atoms with Gasteiger partial charge < -0.3 is 9.05 Å². The molecule has 1 aromatic heterocycles. The van der Waals surface area contributed by atoms with Crippen molar-refractivity contribution in [2.75, 3.05) is 0 Å². The van der Waals surface area contributed by atoms with Crippen LogP contribution in [0.2, 0.25) is 0 Å². The third kappa shape index (κ3) is 5.63. The third-order valence-corrected chi connectivity index (χ3v) is 9.26. The van der Waals surface area contributed by atoms with Gasteiger partial charge in [-0.2, -0.15) is 4.72 Å². The fourth-order valence-electron chi connectivity index (χ4n) is 4.04. The van der Waals surface area contributed by atoms with E-state index in [1.165, 1.54) is 6.07 Å². The maximum atomic E-state index is 14.9. The van der Waals surface area contributed by atoms with Crippen molar-refractivity contribution >= 4 is 28.4 Å². The Labute approximate surface area is 221 Å². The van der Waals surface area contributed by atoms with E-state index in [1.54, 1.807) is 91.9 Å². The number of hydrogen-bond donors (Lipinski definition) is 1. The number of rotatable bonds is 9. The van der Waals surface area contributed by atoms with Crippen molar-refractivity contribution in [3.63, 3.8) is 0 Å². The van der Waals surface area contributed by atoms with Crippen LogP contribution in [-0.2, 0) is 14.6 Å². The fourth-order valence-corrected chi connectivity index (χ4v) is 7.68. The second-order valence-electron chi connectivity index (χ2n) is 8.56. The number of fused-ring (bicyclic) bond motifs is 1. The standard InChI is InChI=1S/C29H25N2O5PS/c1-22-12-10-21-28(30-22)38(33,34)31-29(27-20-11-14-23-13-8-9-19-26(23)27)37(32,35-24-15-4-2-5-16-24)36-25-17-6-3-7-18-25/h2-21,29,31H,1H3/t29-/m0/s1. The molecule has 1 heterocycles. The van der Waals surface area contributed by atoms with E-state index in [-0.39, 0.29) is 16.5 Å². The first kappa shape index (κ1) is 25.7. The molecule has 0 fully saturated rings. The number of benzene rings is 4. The second-order valence-corrected chi connectivity index (χ2v) is 12.2. The number of aromatic nitrogens is 1. The van der Waals surface area contributed by atoms with Gasteiger partial charge in [0, 0.05) is 5.69 Å². The van der Waals surface area contributed by atoms with Crippen molar-refractivity contribution in [3.8, 4) is 11.5 Å². The van der Waals surface area contributed by atoms with Gasteiger partial charge in [0.15, 0.2) is 10.8 Å². The Morgan fingerprint density at radius 1 is 0.711 bits per heavy atom. The molecule has 9 heteroatoms. The van der Waals surface area contributed by atoms with Crippen molar-refractivity contribution in [3.05, 3.63) is 133 Å². The summed E-state index contributed by atoms with van der Waals surface area (Å²) in [6.07, 6.45) is 0. The first-order chi connectivity index (χ1) is 18.3. The van der Waals surface area contributed by atoms with Crippen LogP contribution in [0.25, 0.3) is 10.8 Å². The third-order valence-electron chi connectivity index (χ3n) is 5.79.